The van der Waals surface area contributed by atoms with Gasteiger partial charge in [0.25, 0.3) is 0 Å². The van der Waals surface area contributed by atoms with Crippen molar-refractivity contribution in [3.63, 3.8) is 0 Å². The SMILES string of the molecule is C=CC(=O)OCC(COc1ccc(C(C)(C)c2ccc(OCC(COC3OC3C=C)OC(O)CCC(=O)O)cc2)cc1)OC(=O)CCC(=O)O. The summed E-state index contributed by atoms with van der Waals surface area (Å²) in [6, 6.07) is 14.8. The molecule has 1 saturated heterocycles. The van der Waals surface area contributed by atoms with Gasteiger partial charge in [0.1, 0.15) is 43.5 Å². The van der Waals surface area contributed by atoms with E-state index in [0.717, 1.165) is 17.2 Å². The second kappa shape index (κ2) is 19.4. The van der Waals surface area contributed by atoms with E-state index in [0.29, 0.717) is 11.5 Å². The molecule has 0 saturated carbocycles. The smallest absolute Gasteiger partial charge is 0.330 e. The van der Waals surface area contributed by atoms with Crippen LogP contribution >= 0.6 is 0 Å². The van der Waals surface area contributed by atoms with Gasteiger partial charge in [-0.1, -0.05) is 50.8 Å². The highest BCUT2D eigenvalue weighted by Gasteiger charge is 2.38. The van der Waals surface area contributed by atoms with Gasteiger partial charge in [0, 0.05) is 17.9 Å². The summed E-state index contributed by atoms with van der Waals surface area (Å²) in [7, 11) is 0. The lowest BCUT2D eigenvalue weighted by molar-refractivity contribution is -0.171. The average molecular weight is 701 g/mol. The van der Waals surface area contributed by atoms with Crippen LogP contribution in [0, 0.1) is 0 Å². The number of aliphatic hydroxyl groups excluding tert-OH is 1. The lowest BCUT2D eigenvalue weighted by Crippen LogP contribution is -2.32. The summed E-state index contributed by atoms with van der Waals surface area (Å²) >= 11 is 0. The number of epoxide rings is 1. The van der Waals surface area contributed by atoms with E-state index in [1.165, 1.54) is 0 Å². The Morgan fingerprint density at radius 2 is 1.38 bits per heavy atom. The molecule has 2 aromatic rings. The quantitative estimate of drug-likeness (QED) is 0.0470. The number of carbonyl (C=O) groups excluding carboxylic acids is 2. The number of hydrogen-bond donors (Lipinski definition) is 3. The van der Waals surface area contributed by atoms with Gasteiger partial charge in [-0.25, -0.2) is 4.79 Å². The lowest BCUT2D eigenvalue weighted by atomic mass is 9.78. The largest absolute Gasteiger partial charge is 0.491 e. The van der Waals surface area contributed by atoms with Gasteiger partial charge < -0.3 is 48.5 Å². The maximum absolute atomic E-state index is 12.1. The fraction of sp³-hybridized carbons (Fsp3) is 0.444. The molecule has 3 rings (SSSR count). The van der Waals surface area contributed by atoms with Crippen molar-refractivity contribution in [2.24, 2.45) is 0 Å². The summed E-state index contributed by atoms with van der Waals surface area (Å²) in [5, 5.41) is 27.9. The maximum Gasteiger partial charge on any atom is 0.330 e. The van der Waals surface area contributed by atoms with E-state index >= 15 is 0 Å². The highest BCUT2D eigenvalue weighted by Crippen LogP contribution is 2.33. The summed E-state index contributed by atoms with van der Waals surface area (Å²) < 4.78 is 38.5. The normalized spacial score (nSPS) is 17.0. The molecule has 1 aliphatic heterocycles. The topological polar surface area (TPSA) is 197 Å². The Hall–Kier alpha value is -4.76. The molecule has 3 N–H and O–H groups in total. The van der Waals surface area contributed by atoms with Gasteiger partial charge >= 0.3 is 23.9 Å². The third-order valence-corrected chi connectivity index (χ3v) is 7.56. The van der Waals surface area contributed by atoms with Crippen LogP contribution in [0.3, 0.4) is 0 Å². The van der Waals surface area contributed by atoms with Crippen molar-refractivity contribution in [2.45, 2.75) is 75.8 Å². The van der Waals surface area contributed by atoms with E-state index in [4.69, 9.17) is 43.4 Å². The lowest BCUT2D eigenvalue weighted by Gasteiger charge is -2.27. The second-order valence-corrected chi connectivity index (χ2v) is 11.8. The average Bonchev–Trinajstić information content (AvgIpc) is 3.87. The van der Waals surface area contributed by atoms with Crippen molar-refractivity contribution in [3.05, 3.63) is 85.0 Å². The van der Waals surface area contributed by atoms with Crippen molar-refractivity contribution in [3.8, 4) is 11.5 Å². The minimum Gasteiger partial charge on any atom is -0.491 e. The molecule has 1 heterocycles. The molecule has 50 heavy (non-hydrogen) atoms. The molecule has 14 heteroatoms. The van der Waals surface area contributed by atoms with Gasteiger partial charge in [-0.3, -0.25) is 14.4 Å². The summed E-state index contributed by atoms with van der Waals surface area (Å²) in [5.74, 6) is -2.64. The number of benzene rings is 2. The molecule has 0 aliphatic carbocycles. The second-order valence-electron chi connectivity index (χ2n) is 11.8. The van der Waals surface area contributed by atoms with E-state index in [1.807, 2.05) is 36.4 Å². The molecule has 0 aromatic heterocycles. The Kier molecular flexibility index (Phi) is 15.4. The van der Waals surface area contributed by atoms with E-state index in [-0.39, 0.29) is 51.8 Å². The first-order valence-corrected chi connectivity index (χ1v) is 15.9. The van der Waals surface area contributed by atoms with Gasteiger partial charge in [0.2, 0.25) is 0 Å². The van der Waals surface area contributed by atoms with Crippen LogP contribution in [0.4, 0.5) is 0 Å². The minimum absolute atomic E-state index is 0.0267. The molecule has 2 aromatic carbocycles. The van der Waals surface area contributed by atoms with Gasteiger partial charge in [-0.15, -0.1) is 6.58 Å². The molecule has 5 unspecified atom stereocenters. The number of aliphatic carboxylic acids is 2. The Morgan fingerprint density at radius 1 is 0.820 bits per heavy atom. The highest BCUT2D eigenvalue weighted by molar-refractivity contribution is 5.81. The first-order valence-electron chi connectivity index (χ1n) is 15.9. The minimum atomic E-state index is -1.31. The van der Waals surface area contributed by atoms with E-state index in [1.54, 1.807) is 18.2 Å². The van der Waals surface area contributed by atoms with Crippen molar-refractivity contribution < 1.29 is 67.7 Å². The summed E-state index contributed by atoms with van der Waals surface area (Å²) in [4.78, 5) is 45.2. The fourth-order valence-electron chi connectivity index (χ4n) is 4.56. The van der Waals surface area contributed by atoms with E-state index in [9.17, 15) is 24.3 Å². The Labute approximate surface area is 290 Å². The van der Waals surface area contributed by atoms with Gasteiger partial charge in [0.15, 0.2) is 18.7 Å². The first-order chi connectivity index (χ1) is 23.8. The summed E-state index contributed by atoms with van der Waals surface area (Å²) in [6.07, 6.45) is -2.13. The number of hydrogen-bond acceptors (Lipinski definition) is 12. The molecule has 14 nitrogen and oxygen atoms in total. The third kappa shape index (κ3) is 13.6. The van der Waals surface area contributed by atoms with Crippen molar-refractivity contribution in [1.82, 2.24) is 0 Å². The number of esters is 2. The summed E-state index contributed by atoms with van der Waals surface area (Å²) in [5.41, 5.74) is 1.52. The molecule has 0 radical (unpaired) electrons. The number of carboxylic acids is 2. The van der Waals surface area contributed by atoms with Crippen LogP contribution in [0.25, 0.3) is 0 Å². The number of ether oxygens (including phenoxy) is 7. The Balaban J connectivity index is 1.57. The predicted octanol–water partition coefficient (Wildman–Crippen LogP) is 3.77. The molecule has 5 atom stereocenters. The van der Waals surface area contributed by atoms with Gasteiger partial charge in [-0.05, 0) is 35.4 Å². The Morgan fingerprint density at radius 3 is 1.88 bits per heavy atom. The molecular weight excluding hydrogens is 656 g/mol. The monoisotopic (exact) mass is 700 g/mol. The van der Waals surface area contributed by atoms with Crippen LogP contribution in [-0.2, 0) is 48.3 Å². The molecule has 0 bridgehead atoms. The number of rotatable bonds is 24. The molecule has 0 amide bonds. The van der Waals surface area contributed by atoms with Crippen molar-refractivity contribution in [2.75, 3.05) is 26.4 Å². The zero-order valence-corrected chi connectivity index (χ0v) is 28.1. The van der Waals surface area contributed by atoms with Crippen LogP contribution in [0.15, 0.2) is 73.8 Å². The van der Waals surface area contributed by atoms with Crippen LogP contribution < -0.4 is 9.47 Å². The van der Waals surface area contributed by atoms with Crippen molar-refractivity contribution >= 4 is 23.9 Å². The van der Waals surface area contributed by atoms with E-state index < -0.39 is 60.5 Å². The zero-order valence-electron chi connectivity index (χ0n) is 28.1. The summed E-state index contributed by atoms with van der Waals surface area (Å²) in [6.45, 7) is 10.7. The fourth-order valence-corrected chi connectivity index (χ4v) is 4.56. The number of carbonyl (C=O) groups is 4. The maximum atomic E-state index is 12.1. The predicted molar refractivity (Wildman–Crippen MR) is 176 cm³/mol. The molecular formula is C36H44O14. The van der Waals surface area contributed by atoms with E-state index in [2.05, 4.69) is 27.0 Å². The molecule has 272 valence electrons. The molecule has 0 spiro atoms. The first kappa shape index (κ1) is 39.7. The standard InChI is InChI=1S/C36H44O14/c1-5-29-35(50-29)47-22-28(49-34(43)18-16-31(39)40)20-45-26-13-9-24(10-14-26)36(3,4)23-7-11-25(12-8-23)44-19-27(21-46-32(41)6-2)48-33(42)17-15-30(37)38/h5-14,27-29,34-35,43H,1-2,15-22H2,3-4H3,(H,37,38)(H,39,40). The van der Waals surface area contributed by atoms with Crippen LogP contribution in [0.2, 0.25) is 0 Å². The third-order valence-electron chi connectivity index (χ3n) is 7.56. The van der Waals surface area contributed by atoms with Crippen LogP contribution in [0.1, 0.15) is 50.7 Å². The van der Waals surface area contributed by atoms with Gasteiger partial charge in [0.05, 0.1) is 25.9 Å². The number of aliphatic hydroxyl groups is 1. The Bertz CT molecular complexity index is 1440. The van der Waals surface area contributed by atoms with Crippen LogP contribution in [-0.4, -0.2) is 96.5 Å². The van der Waals surface area contributed by atoms with Crippen molar-refractivity contribution in [1.29, 1.82) is 0 Å². The van der Waals surface area contributed by atoms with Crippen LogP contribution in [0.5, 0.6) is 11.5 Å². The highest BCUT2D eigenvalue weighted by atomic mass is 16.8. The molecule has 1 aliphatic rings. The van der Waals surface area contributed by atoms with Gasteiger partial charge in [-0.2, -0.15) is 0 Å². The number of carboxylic acid groups (broad SMARTS) is 2. The molecule has 1 fully saturated rings. The zero-order chi connectivity index (χ0) is 36.7.